The highest BCUT2D eigenvalue weighted by atomic mass is 35.5. The van der Waals surface area contributed by atoms with Gasteiger partial charge in [-0.05, 0) is 23.9 Å². The van der Waals surface area contributed by atoms with Crippen LogP contribution in [0.15, 0.2) is 41.8 Å². The van der Waals surface area contributed by atoms with Crippen LogP contribution in [0.2, 0.25) is 0 Å². The van der Waals surface area contributed by atoms with Crippen molar-refractivity contribution in [2.24, 2.45) is 5.73 Å². The molecule has 2 atom stereocenters. The maximum atomic E-state index is 12.9. The number of aryl methyl sites for hydroxylation is 1. The first kappa shape index (κ1) is 24.9. The van der Waals surface area contributed by atoms with Gasteiger partial charge >= 0.3 is 0 Å². The molecule has 2 heterocycles. The molecule has 1 aliphatic heterocycles. The van der Waals surface area contributed by atoms with Gasteiger partial charge in [-0.1, -0.05) is 35.9 Å². The van der Waals surface area contributed by atoms with Crippen LogP contribution in [0.25, 0.3) is 0 Å². The summed E-state index contributed by atoms with van der Waals surface area (Å²) in [5, 5.41) is 2.09. The molecule has 5 nitrogen and oxygen atoms in total. The Bertz CT molecular complexity index is 707. The van der Waals surface area contributed by atoms with Gasteiger partial charge in [-0.25, -0.2) is 0 Å². The lowest BCUT2D eigenvalue weighted by Gasteiger charge is -2.36. The monoisotopic (exact) mass is 445 g/mol. The molecule has 0 radical (unpaired) electrons. The number of thiophene rings is 1. The Kier molecular flexibility index (Phi) is 10.4. The van der Waals surface area contributed by atoms with Crippen molar-refractivity contribution < 1.29 is 9.53 Å². The molecule has 2 N–H and O–H groups in total. The summed E-state index contributed by atoms with van der Waals surface area (Å²) in [4.78, 5) is 18.3. The van der Waals surface area contributed by atoms with Gasteiger partial charge in [-0.2, -0.15) is 0 Å². The Morgan fingerprint density at radius 2 is 1.86 bits per heavy atom. The van der Waals surface area contributed by atoms with Gasteiger partial charge < -0.3 is 15.4 Å². The summed E-state index contributed by atoms with van der Waals surface area (Å²) >= 11 is 1.73. The average Bonchev–Trinajstić information content (AvgIpc) is 3.20. The number of halogens is 2. The third-order valence-corrected chi connectivity index (χ3v) is 5.86. The van der Waals surface area contributed by atoms with E-state index in [0.717, 1.165) is 37.4 Å². The van der Waals surface area contributed by atoms with Crippen molar-refractivity contribution in [1.82, 2.24) is 9.80 Å². The fourth-order valence-electron chi connectivity index (χ4n) is 3.26. The highest BCUT2D eigenvalue weighted by Crippen LogP contribution is 2.27. The molecule has 28 heavy (non-hydrogen) atoms. The number of ether oxygens (including phenoxy) is 1. The fraction of sp³-hybridized carbons (Fsp3) is 0.450. The molecule has 1 aliphatic rings. The quantitative estimate of drug-likeness (QED) is 0.739. The van der Waals surface area contributed by atoms with E-state index >= 15 is 0 Å². The normalized spacial score (nSPS) is 16.4. The van der Waals surface area contributed by atoms with E-state index in [1.165, 1.54) is 4.88 Å². The minimum absolute atomic E-state index is 0. The van der Waals surface area contributed by atoms with Crippen molar-refractivity contribution in [1.29, 1.82) is 0 Å². The van der Waals surface area contributed by atoms with Crippen LogP contribution in [-0.2, 0) is 9.53 Å². The molecule has 0 bridgehead atoms. The Balaban J connectivity index is 0.00000196. The van der Waals surface area contributed by atoms with Crippen LogP contribution in [0.4, 0.5) is 0 Å². The predicted molar refractivity (Wildman–Crippen MR) is 120 cm³/mol. The van der Waals surface area contributed by atoms with Crippen LogP contribution in [0.1, 0.15) is 28.1 Å². The summed E-state index contributed by atoms with van der Waals surface area (Å²) < 4.78 is 5.49. The maximum absolute atomic E-state index is 12.9. The fourth-order valence-corrected chi connectivity index (χ4v) is 4.11. The van der Waals surface area contributed by atoms with E-state index < -0.39 is 6.04 Å². The molecule has 3 rings (SSSR count). The van der Waals surface area contributed by atoms with Gasteiger partial charge in [-0.15, -0.1) is 36.2 Å². The van der Waals surface area contributed by atoms with E-state index in [1.807, 2.05) is 38.2 Å². The number of carbonyl (C=O) groups is 1. The lowest BCUT2D eigenvalue weighted by atomic mass is 10.0. The lowest BCUT2D eigenvalue weighted by molar-refractivity contribution is -0.132. The second-order valence-corrected chi connectivity index (χ2v) is 7.77. The number of likely N-dealkylation sites (N-methyl/N-ethyl adjacent to an activating group) is 1. The Hall–Kier alpha value is -1.15. The molecule has 156 valence electrons. The zero-order valence-corrected chi connectivity index (χ0v) is 18.7. The second kappa shape index (κ2) is 11.8. The Morgan fingerprint density at radius 1 is 1.21 bits per heavy atom. The smallest absolute Gasteiger partial charge is 0.243 e. The molecule has 1 saturated heterocycles. The van der Waals surface area contributed by atoms with E-state index in [-0.39, 0.29) is 36.8 Å². The van der Waals surface area contributed by atoms with Crippen molar-refractivity contribution in [3.63, 3.8) is 0 Å². The number of hydrogen-bond donors (Lipinski definition) is 1. The number of carbonyl (C=O) groups excluding carboxylic acids is 1. The first-order chi connectivity index (χ1) is 12.6. The molecule has 1 amide bonds. The van der Waals surface area contributed by atoms with Crippen molar-refractivity contribution in [2.75, 3.05) is 39.9 Å². The number of hydrogen-bond acceptors (Lipinski definition) is 5. The molecular weight excluding hydrogens is 417 g/mol. The molecule has 2 aromatic rings. The first-order valence-corrected chi connectivity index (χ1v) is 9.86. The third-order valence-electron chi connectivity index (χ3n) is 4.88. The maximum Gasteiger partial charge on any atom is 0.243 e. The highest BCUT2D eigenvalue weighted by molar-refractivity contribution is 7.10. The molecule has 0 saturated carbocycles. The summed E-state index contributed by atoms with van der Waals surface area (Å²) in [5.41, 5.74) is 8.25. The summed E-state index contributed by atoms with van der Waals surface area (Å²) in [7, 11) is 1.84. The highest BCUT2D eigenvalue weighted by Gasteiger charge is 2.28. The van der Waals surface area contributed by atoms with Crippen LogP contribution in [0.5, 0.6) is 0 Å². The molecule has 1 fully saturated rings. The standard InChI is InChI=1S/C20H27N3O2S.2ClH/c1-15-5-7-16(8-6-15)19(21)20(24)22(2)14-17(18-4-3-13-26-18)23-9-11-25-12-10-23;;/h3-8,13,17,19H,9-12,14,21H2,1-2H3;2*1H. The molecule has 0 aliphatic carbocycles. The van der Waals surface area contributed by atoms with E-state index in [1.54, 1.807) is 16.2 Å². The largest absolute Gasteiger partial charge is 0.379 e. The summed E-state index contributed by atoms with van der Waals surface area (Å²) in [6.45, 7) is 5.89. The van der Waals surface area contributed by atoms with Crippen LogP contribution in [0, 0.1) is 6.92 Å². The topological polar surface area (TPSA) is 58.8 Å². The van der Waals surface area contributed by atoms with Gasteiger partial charge in [0.05, 0.1) is 19.3 Å². The van der Waals surface area contributed by atoms with Gasteiger partial charge in [0.25, 0.3) is 0 Å². The second-order valence-electron chi connectivity index (χ2n) is 6.79. The van der Waals surface area contributed by atoms with Crippen molar-refractivity contribution in [2.45, 2.75) is 19.0 Å². The number of amides is 1. The number of morpholine rings is 1. The molecular formula is C20H29Cl2N3O2S. The zero-order valence-electron chi connectivity index (χ0n) is 16.2. The van der Waals surface area contributed by atoms with Crippen LogP contribution in [-0.4, -0.2) is 55.6 Å². The van der Waals surface area contributed by atoms with E-state index in [0.29, 0.717) is 6.54 Å². The van der Waals surface area contributed by atoms with Gasteiger partial charge in [-0.3, -0.25) is 9.69 Å². The first-order valence-electron chi connectivity index (χ1n) is 8.98. The SMILES string of the molecule is Cc1ccc(C(N)C(=O)N(C)CC(c2cccs2)N2CCOCC2)cc1.Cl.Cl. The number of nitrogens with zero attached hydrogens (tertiary/aromatic N) is 2. The summed E-state index contributed by atoms with van der Waals surface area (Å²) in [5.74, 6) is -0.0522. The molecule has 2 unspecified atom stereocenters. The van der Waals surface area contributed by atoms with E-state index in [2.05, 4.69) is 22.4 Å². The van der Waals surface area contributed by atoms with Crippen molar-refractivity contribution in [3.05, 3.63) is 57.8 Å². The van der Waals surface area contributed by atoms with Gasteiger partial charge in [0, 0.05) is 31.6 Å². The molecule has 1 aromatic carbocycles. The number of rotatable bonds is 6. The zero-order chi connectivity index (χ0) is 18.5. The van der Waals surface area contributed by atoms with E-state index in [4.69, 9.17) is 10.5 Å². The predicted octanol–water partition coefficient (Wildman–Crippen LogP) is 3.43. The summed E-state index contributed by atoms with van der Waals surface area (Å²) in [6.07, 6.45) is 0. The minimum atomic E-state index is -0.630. The van der Waals surface area contributed by atoms with Crippen molar-refractivity contribution >= 4 is 42.1 Å². The number of benzene rings is 1. The van der Waals surface area contributed by atoms with Gasteiger partial charge in [0.1, 0.15) is 6.04 Å². The average molecular weight is 446 g/mol. The molecule has 1 aromatic heterocycles. The van der Waals surface area contributed by atoms with Crippen LogP contribution < -0.4 is 5.73 Å². The van der Waals surface area contributed by atoms with Gasteiger partial charge in [0.2, 0.25) is 5.91 Å². The minimum Gasteiger partial charge on any atom is -0.379 e. The molecule has 0 spiro atoms. The Labute approximate surface area is 183 Å². The number of nitrogens with two attached hydrogens (primary N) is 1. The van der Waals surface area contributed by atoms with Crippen LogP contribution in [0.3, 0.4) is 0 Å². The van der Waals surface area contributed by atoms with Crippen LogP contribution >= 0.6 is 36.2 Å². The van der Waals surface area contributed by atoms with Gasteiger partial charge in [0.15, 0.2) is 0 Å². The molecule has 8 heteroatoms. The van der Waals surface area contributed by atoms with E-state index in [9.17, 15) is 4.79 Å². The lowest BCUT2D eigenvalue weighted by Crippen LogP contribution is -2.45. The summed E-state index contributed by atoms with van der Waals surface area (Å²) in [6, 6.07) is 11.6. The Morgan fingerprint density at radius 3 is 2.43 bits per heavy atom. The van der Waals surface area contributed by atoms with Crippen molar-refractivity contribution in [3.8, 4) is 0 Å². The third kappa shape index (κ3) is 6.17.